The molecule has 0 aliphatic heterocycles. The Morgan fingerprint density at radius 3 is 1.49 bits per heavy atom. The number of nitrogens with zero attached hydrogens (tertiary/aromatic N) is 2. The van der Waals surface area contributed by atoms with Crippen LogP contribution in [-0.2, 0) is 0 Å². The minimum atomic E-state index is -0.247. The zero-order valence-corrected chi connectivity index (χ0v) is 33.3. The van der Waals surface area contributed by atoms with Crippen molar-refractivity contribution in [2.45, 2.75) is 0 Å². The lowest BCUT2D eigenvalue weighted by Crippen LogP contribution is -2.10. The smallest absolute Gasteiger partial charge is 0.123 e. The first kappa shape index (κ1) is 36.1. The maximum absolute atomic E-state index is 14.6. The molecule has 2 nitrogen and oxygen atoms in total. The Morgan fingerprint density at radius 2 is 0.820 bits per heavy atom. The lowest BCUT2D eigenvalue weighted by molar-refractivity contribution is 0.628. The fraction of sp³-hybridized carbons (Fsp3) is 0. The van der Waals surface area contributed by atoms with Crippen LogP contribution >= 0.6 is 0 Å². The molecule has 61 heavy (non-hydrogen) atoms. The molecule has 0 saturated heterocycles. The highest BCUT2D eigenvalue weighted by Crippen LogP contribution is 2.43. The van der Waals surface area contributed by atoms with E-state index >= 15 is 0 Å². The van der Waals surface area contributed by atoms with E-state index in [1.54, 1.807) is 12.1 Å². The van der Waals surface area contributed by atoms with Crippen LogP contribution in [0.2, 0.25) is 0 Å². The molecule has 1 heterocycles. The fourth-order valence-electron chi connectivity index (χ4n) is 9.02. The minimum absolute atomic E-state index is 0.247. The van der Waals surface area contributed by atoms with Gasteiger partial charge < -0.3 is 9.47 Å². The van der Waals surface area contributed by atoms with E-state index in [1.165, 1.54) is 27.9 Å². The van der Waals surface area contributed by atoms with Gasteiger partial charge in [-0.1, -0.05) is 164 Å². The fourth-order valence-corrected chi connectivity index (χ4v) is 9.02. The summed E-state index contributed by atoms with van der Waals surface area (Å²) in [6.07, 6.45) is 0. The number of hydrogen-bond acceptors (Lipinski definition) is 1. The molecule has 288 valence electrons. The van der Waals surface area contributed by atoms with Crippen LogP contribution in [-0.4, -0.2) is 4.57 Å². The molecule has 10 aromatic carbocycles. The molecule has 1 aromatic heterocycles. The molecular weight excluding hydrogens is 744 g/mol. The number of hydrogen-bond donors (Lipinski definition) is 0. The Kier molecular flexibility index (Phi) is 9.05. The van der Waals surface area contributed by atoms with Crippen LogP contribution in [0.1, 0.15) is 0 Å². The molecule has 0 fully saturated rings. The molecule has 0 radical (unpaired) electrons. The van der Waals surface area contributed by atoms with E-state index in [0.717, 1.165) is 78.0 Å². The van der Waals surface area contributed by atoms with Gasteiger partial charge in [0.2, 0.25) is 0 Å². The molecule has 0 atom stereocenters. The number of halogens is 1. The first-order valence-electron chi connectivity index (χ1n) is 20.7. The summed E-state index contributed by atoms with van der Waals surface area (Å²) in [5, 5.41) is 4.66. The van der Waals surface area contributed by atoms with Crippen molar-refractivity contribution in [3.63, 3.8) is 0 Å². The maximum Gasteiger partial charge on any atom is 0.123 e. The summed E-state index contributed by atoms with van der Waals surface area (Å²) in [6, 6.07) is 82.7. The average Bonchev–Trinajstić information content (AvgIpc) is 3.66. The van der Waals surface area contributed by atoms with Gasteiger partial charge >= 0.3 is 0 Å². The molecule has 0 N–H and O–H groups in total. The van der Waals surface area contributed by atoms with Gasteiger partial charge in [0.05, 0.1) is 11.0 Å². The van der Waals surface area contributed by atoms with E-state index in [-0.39, 0.29) is 5.82 Å². The van der Waals surface area contributed by atoms with Gasteiger partial charge in [0, 0.05) is 33.5 Å². The molecule has 0 saturated carbocycles. The molecule has 0 spiro atoms. The molecule has 0 aliphatic rings. The maximum atomic E-state index is 14.6. The number of anilines is 3. The predicted octanol–water partition coefficient (Wildman–Crippen LogP) is 16.2. The molecule has 11 rings (SSSR count). The van der Waals surface area contributed by atoms with Gasteiger partial charge in [0.1, 0.15) is 5.82 Å². The summed E-state index contributed by atoms with van der Waals surface area (Å²) < 4.78 is 17.0. The van der Waals surface area contributed by atoms with Crippen molar-refractivity contribution in [2.24, 2.45) is 0 Å². The van der Waals surface area contributed by atoms with E-state index in [2.05, 4.69) is 222 Å². The van der Waals surface area contributed by atoms with E-state index in [9.17, 15) is 4.39 Å². The standard InChI is InChI=1S/C58H39FN2/c59-47-23-9-21-45(35-47)52-30-13-17-41-18-14-31-53(58(41)52)46-22-12-28-51(38-46)60(49-26-10-19-42(36-49)40-15-3-1-4-16-40)50-27-11-20-43(37-50)44-33-34-55-54-29-7-8-32-56(54)61(57(55)39-44)48-24-5-2-6-25-48/h1-39H. The number of benzene rings is 10. The number of fused-ring (bicyclic) bond motifs is 4. The van der Waals surface area contributed by atoms with E-state index in [4.69, 9.17) is 0 Å². The van der Waals surface area contributed by atoms with Crippen LogP contribution in [0, 0.1) is 5.82 Å². The van der Waals surface area contributed by atoms with Gasteiger partial charge in [0.15, 0.2) is 0 Å². The Hall–Kier alpha value is -8.01. The predicted molar refractivity (Wildman–Crippen MR) is 255 cm³/mol. The Labute approximate surface area is 354 Å². The molecule has 11 aromatic rings. The monoisotopic (exact) mass is 782 g/mol. The Bertz CT molecular complexity index is 3380. The van der Waals surface area contributed by atoms with Crippen molar-refractivity contribution in [1.29, 1.82) is 0 Å². The summed E-state index contributed by atoms with van der Waals surface area (Å²) in [4.78, 5) is 2.36. The average molecular weight is 783 g/mol. The van der Waals surface area contributed by atoms with Crippen LogP contribution in [0.15, 0.2) is 237 Å². The second-order valence-corrected chi connectivity index (χ2v) is 15.5. The van der Waals surface area contributed by atoms with Crippen LogP contribution in [0.5, 0.6) is 0 Å². The third kappa shape index (κ3) is 6.63. The lowest BCUT2D eigenvalue weighted by atomic mass is 9.91. The Balaban J connectivity index is 1.08. The van der Waals surface area contributed by atoms with Gasteiger partial charge in [-0.15, -0.1) is 0 Å². The van der Waals surface area contributed by atoms with Gasteiger partial charge in [-0.25, -0.2) is 4.39 Å². The summed E-state index contributed by atoms with van der Waals surface area (Å²) in [5.74, 6) is -0.247. The number of para-hydroxylation sites is 2. The van der Waals surface area contributed by atoms with Crippen molar-refractivity contribution in [1.82, 2.24) is 4.57 Å². The third-order valence-electron chi connectivity index (χ3n) is 11.8. The van der Waals surface area contributed by atoms with Crippen molar-refractivity contribution in [3.8, 4) is 50.2 Å². The second-order valence-electron chi connectivity index (χ2n) is 15.5. The Morgan fingerprint density at radius 1 is 0.328 bits per heavy atom. The van der Waals surface area contributed by atoms with Crippen LogP contribution < -0.4 is 4.90 Å². The summed E-state index contributed by atoms with van der Waals surface area (Å²) >= 11 is 0. The summed E-state index contributed by atoms with van der Waals surface area (Å²) in [7, 11) is 0. The quantitative estimate of drug-likeness (QED) is 0.149. The first-order chi connectivity index (χ1) is 30.2. The van der Waals surface area contributed by atoms with Gasteiger partial charge in [-0.3, -0.25) is 0 Å². The zero-order valence-electron chi connectivity index (χ0n) is 33.3. The second kappa shape index (κ2) is 15.3. The summed E-state index contributed by atoms with van der Waals surface area (Å²) in [6.45, 7) is 0. The SMILES string of the molecule is Fc1cccc(-c2cccc3cccc(-c4cccc(N(c5cccc(-c6ccccc6)c5)c5cccc(-c6ccc7c8ccccc8n(-c8ccccc8)c7c6)c5)c4)c23)c1. The van der Waals surface area contributed by atoms with Crippen LogP contribution in [0.3, 0.4) is 0 Å². The van der Waals surface area contributed by atoms with Crippen molar-refractivity contribution >= 4 is 49.6 Å². The van der Waals surface area contributed by atoms with Gasteiger partial charge in [0.25, 0.3) is 0 Å². The zero-order chi connectivity index (χ0) is 40.7. The van der Waals surface area contributed by atoms with E-state index < -0.39 is 0 Å². The molecule has 0 bridgehead atoms. The van der Waals surface area contributed by atoms with Crippen LogP contribution in [0.4, 0.5) is 21.5 Å². The molecule has 0 aliphatic carbocycles. The number of rotatable bonds is 8. The first-order valence-corrected chi connectivity index (χ1v) is 20.7. The highest BCUT2D eigenvalue weighted by atomic mass is 19.1. The lowest BCUT2D eigenvalue weighted by Gasteiger charge is -2.27. The normalized spacial score (nSPS) is 11.4. The molecule has 3 heteroatoms. The highest BCUT2D eigenvalue weighted by molar-refractivity contribution is 6.10. The van der Waals surface area contributed by atoms with E-state index in [0.29, 0.717) is 0 Å². The highest BCUT2D eigenvalue weighted by Gasteiger charge is 2.18. The topological polar surface area (TPSA) is 8.17 Å². The third-order valence-corrected chi connectivity index (χ3v) is 11.8. The van der Waals surface area contributed by atoms with Crippen molar-refractivity contribution < 1.29 is 4.39 Å². The van der Waals surface area contributed by atoms with Gasteiger partial charge in [-0.2, -0.15) is 0 Å². The van der Waals surface area contributed by atoms with E-state index in [1.807, 2.05) is 6.07 Å². The molecular formula is C58H39FN2. The minimum Gasteiger partial charge on any atom is -0.310 e. The van der Waals surface area contributed by atoms with Gasteiger partial charge in [-0.05, 0) is 128 Å². The van der Waals surface area contributed by atoms with Crippen molar-refractivity contribution in [2.75, 3.05) is 4.90 Å². The summed E-state index contributed by atoms with van der Waals surface area (Å²) in [5.41, 5.74) is 15.2. The number of aromatic nitrogens is 1. The van der Waals surface area contributed by atoms with Crippen molar-refractivity contribution in [3.05, 3.63) is 242 Å². The van der Waals surface area contributed by atoms with Crippen LogP contribution in [0.25, 0.3) is 82.8 Å². The molecule has 0 unspecified atom stereocenters. The largest absolute Gasteiger partial charge is 0.310 e. The molecule has 0 amide bonds.